The normalized spacial score (nSPS) is 10.4. The third-order valence-electron chi connectivity index (χ3n) is 2.15. The van der Waals surface area contributed by atoms with Crippen LogP contribution in [-0.2, 0) is 13.5 Å². The molecule has 0 aliphatic carbocycles. The highest BCUT2D eigenvalue weighted by Gasteiger charge is 2.07. The number of hydrogen-bond donors (Lipinski definition) is 0. The van der Waals surface area contributed by atoms with E-state index in [-0.39, 0.29) is 0 Å². The summed E-state index contributed by atoms with van der Waals surface area (Å²) >= 11 is 3.31. The summed E-state index contributed by atoms with van der Waals surface area (Å²) in [6, 6.07) is 0. The maximum Gasteiger partial charge on any atom is 0.132 e. The van der Waals surface area contributed by atoms with Gasteiger partial charge in [-0.1, -0.05) is 6.58 Å². The van der Waals surface area contributed by atoms with E-state index in [0.717, 1.165) is 21.6 Å². The second-order valence-electron chi connectivity index (χ2n) is 3.41. The van der Waals surface area contributed by atoms with E-state index >= 15 is 0 Å². The van der Waals surface area contributed by atoms with Gasteiger partial charge in [0.05, 0.1) is 10.2 Å². The third-order valence-corrected chi connectivity index (χ3v) is 2.56. The first-order chi connectivity index (χ1) is 7.69. The van der Waals surface area contributed by atoms with Gasteiger partial charge in [0.2, 0.25) is 0 Å². The van der Waals surface area contributed by atoms with Gasteiger partial charge in [0.15, 0.2) is 0 Å². The first kappa shape index (κ1) is 11.0. The summed E-state index contributed by atoms with van der Waals surface area (Å²) in [5.41, 5.74) is 1.97. The van der Waals surface area contributed by atoms with Gasteiger partial charge in [0.1, 0.15) is 5.82 Å². The molecule has 0 atom stereocenters. The molecule has 2 aromatic rings. The lowest BCUT2D eigenvalue weighted by molar-refractivity contribution is 0.764. The van der Waals surface area contributed by atoms with Crippen LogP contribution in [0.1, 0.15) is 17.1 Å². The molecule has 4 nitrogen and oxygen atoms in total. The molecule has 0 N–H and O–H groups in total. The molecule has 0 saturated heterocycles. The average molecular weight is 279 g/mol. The monoisotopic (exact) mass is 278 g/mol. The standard InChI is InChI=1S/C11H11BrN4/c1-3-10-8(7-16(2)15-10)4-11-13-5-9(12)6-14-11/h3,5-7H,1,4H2,2H3. The predicted molar refractivity (Wildman–Crippen MR) is 65.8 cm³/mol. The van der Waals surface area contributed by atoms with Crippen LogP contribution in [0.5, 0.6) is 0 Å². The third kappa shape index (κ3) is 2.36. The van der Waals surface area contributed by atoms with E-state index in [1.165, 1.54) is 0 Å². The number of aromatic nitrogens is 4. The van der Waals surface area contributed by atoms with Crippen molar-refractivity contribution in [1.29, 1.82) is 0 Å². The Hall–Kier alpha value is -1.49. The fourth-order valence-electron chi connectivity index (χ4n) is 1.46. The van der Waals surface area contributed by atoms with Gasteiger partial charge < -0.3 is 0 Å². The zero-order chi connectivity index (χ0) is 11.5. The van der Waals surface area contributed by atoms with Crippen molar-refractivity contribution >= 4 is 22.0 Å². The van der Waals surface area contributed by atoms with Gasteiger partial charge in [-0.15, -0.1) is 0 Å². The summed E-state index contributed by atoms with van der Waals surface area (Å²) in [4.78, 5) is 8.46. The predicted octanol–water partition coefficient (Wildman–Crippen LogP) is 2.21. The van der Waals surface area contributed by atoms with Crippen molar-refractivity contribution in [2.75, 3.05) is 0 Å². The van der Waals surface area contributed by atoms with Crippen LogP contribution in [-0.4, -0.2) is 19.7 Å². The number of halogens is 1. The summed E-state index contributed by atoms with van der Waals surface area (Å²) in [5, 5.41) is 4.28. The van der Waals surface area contributed by atoms with E-state index in [9.17, 15) is 0 Å². The smallest absolute Gasteiger partial charge is 0.132 e. The fourth-order valence-corrected chi connectivity index (χ4v) is 1.67. The summed E-state index contributed by atoms with van der Waals surface area (Å²) in [5.74, 6) is 0.777. The number of nitrogens with zero attached hydrogens (tertiary/aromatic N) is 4. The van der Waals surface area contributed by atoms with Crippen molar-refractivity contribution in [2.45, 2.75) is 6.42 Å². The highest BCUT2D eigenvalue weighted by Crippen LogP contribution is 2.12. The van der Waals surface area contributed by atoms with Crippen LogP contribution in [0.4, 0.5) is 0 Å². The molecule has 2 heterocycles. The van der Waals surface area contributed by atoms with Crippen molar-refractivity contribution in [1.82, 2.24) is 19.7 Å². The number of hydrogen-bond acceptors (Lipinski definition) is 3. The molecule has 0 amide bonds. The molecule has 2 aromatic heterocycles. The molecular formula is C11H11BrN4. The van der Waals surface area contributed by atoms with E-state index in [4.69, 9.17) is 0 Å². The van der Waals surface area contributed by atoms with Gasteiger partial charge in [-0.3, -0.25) is 4.68 Å². The Morgan fingerprint density at radius 3 is 2.75 bits per heavy atom. The largest absolute Gasteiger partial charge is 0.275 e. The van der Waals surface area contributed by atoms with Crippen molar-refractivity contribution in [3.8, 4) is 0 Å². The molecule has 0 unspecified atom stereocenters. The van der Waals surface area contributed by atoms with E-state index < -0.39 is 0 Å². The molecule has 0 aromatic carbocycles. The van der Waals surface area contributed by atoms with Crippen LogP contribution in [0.2, 0.25) is 0 Å². The number of aryl methyl sites for hydroxylation is 1. The minimum Gasteiger partial charge on any atom is -0.275 e. The fraction of sp³-hybridized carbons (Fsp3) is 0.182. The quantitative estimate of drug-likeness (QED) is 0.865. The highest BCUT2D eigenvalue weighted by atomic mass is 79.9. The Bertz CT molecular complexity index is 501. The van der Waals surface area contributed by atoms with Gasteiger partial charge in [-0.25, -0.2) is 9.97 Å². The maximum absolute atomic E-state index is 4.28. The lowest BCUT2D eigenvalue weighted by Crippen LogP contribution is -1.95. The van der Waals surface area contributed by atoms with Crippen molar-refractivity contribution in [2.24, 2.45) is 7.05 Å². The van der Waals surface area contributed by atoms with Gasteiger partial charge in [0.25, 0.3) is 0 Å². The zero-order valence-corrected chi connectivity index (χ0v) is 10.5. The first-order valence-corrected chi connectivity index (χ1v) is 5.59. The van der Waals surface area contributed by atoms with E-state index in [0.29, 0.717) is 6.42 Å². The minimum absolute atomic E-state index is 0.669. The molecule has 0 bridgehead atoms. The molecule has 0 aliphatic heterocycles. The molecule has 2 rings (SSSR count). The van der Waals surface area contributed by atoms with Crippen LogP contribution < -0.4 is 0 Å². The Labute approximate surface area is 102 Å². The lowest BCUT2D eigenvalue weighted by Gasteiger charge is -1.98. The Kier molecular flexibility index (Phi) is 3.14. The molecule has 0 saturated carbocycles. The Morgan fingerprint density at radius 2 is 2.12 bits per heavy atom. The van der Waals surface area contributed by atoms with Gasteiger partial charge in [-0.2, -0.15) is 5.10 Å². The van der Waals surface area contributed by atoms with Crippen LogP contribution in [0.25, 0.3) is 6.08 Å². The second kappa shape index (κ2) is 4.57. The van der Waals surface area contributed by atoms with Crippen molar-refractivity contribution in [3.05, 3.63) is 46.7 Å². The summed E-state index contributed by atoms with van der Waals surface area (Å²) in [6.45, 7) is 3.74. The number of rotatable bonds is 3. The average Bonchev–Trinajstić information content (AvgIpc) is 2.62. The molecular weight excluding hydrogens is 268 g/mol. The van der Waals surface area contributed by atoms with Gasteiger partial charge in [0, 0.05) is 37.6 Å². The zero-order valence-electron chi connectivity index (χ0n) is 8.89. The summed E-state index contributed by atoms with van der Waals surface area (Å²) < 4.78 is 2.65. The molecule has 0 spiro atoms. The van der Waals surface area contributed by atoms with Gasteiger partial charge >= 0.3 is 0 Å². The maximum atomic E-state index is 4.28. The highest BCUT2D eigenvalue weighted by molar-refractivity contribution is 9.10. The molecule has 5 heteroatoms. The van der Waals surface area contributed by atoms with E-state index in [1.54, 1.807) is 23.2 Å². The SMILES string of the molecule is C=Cc1nn(C)cc1Cc1ncc(Br)cn1. The lowest BCUT2D eigenvalue weighted by atomic mass is 10.2. The molecule has 82 valence electrons. The van der Waals surface area contributed by atoms with Crippen LogP contribution >= 0.6 is 15.9 Å². The summed E-state index contributed by atoms with van der Waals surface area (Å²) in [7, 11) is 1.89. The Morgan fingerprint density at radius 1 is 1.44 bits per heavy atom. The molecule has 0 fully saturated rings. The van der Waals surface area contributed by atoms with Crippen LogP contribution in [0.15, 0.2) is 29.6 Å². The first-order valence-electron chi connectivity index (χ1n) is 4.80. The van der Waals surface area contributed by atoms with Crippen LogP contribution in [0.3, 0.4) is 0 Å². The van der Waals surface area contributed by atoms with E-state index in [2.05, 4.69) is 37.6 Å². The Balaban J connectivity index is 2.26. The van der Waals surface area contributed by atoms with E-state index in [1.807, 2.05) is 13.2 Å². The van der Waals surface area contributed by atoms with Crippen LogP contribution in [0, 0.1) is 0 Å². The molecule has 16 heavy (non-hydrogen) atoms. The topological polar surface area (TPSA) is 43.6 Å². The molecule has 0 aliphatic rings. The molecule has 0 radical (unpaired) electrons. The van der Waals surface area contributed by atoms with Gasteiger partial charge in [-0.05, 0) is 22.0 Å². The second-order valence-corrected chi connectivity index (χ2v) is 4.33. The van der Waals surface area contributed by atoms with Crippen molar-refractivity contribution in [3.63, 3.8) is 0 Å². The summed E-state index contributed by atoms with van der Waals surface area (Å²) in [6.07, 6.45) is 7.86. The van der Waals surface area contributed by atoms with Crippen molar-refractivity contribution < 1.29 is 0 Å². The minimum atomic E-state index is 0.669.